The summed E-state index contributed by atoms with van der Waals surface area (Å²) in [4.78, 5) is 11.4. The first kappa shape index (κ1) is 14.9. The van der Waals surface area contributed by atoms with Gasteiger partial charge in [-0.25, -0.2) is 4.79 Å². The maximum atomic E-state index is 11.4. The third-order valence-corrected chi connectivity index (χ3v) is 3.33. The molecule has 21 heavy (non-hydrogen) atoms. The van der Waals surface area contributed by atoms with Crippen LogP contribution < -0.4 is 10.5 Å². The average molecular weight is 285 g/mol. The number of hydrogen-bond donors (Lipinski definition) is 1. The van der Waals surface area contributed by atoms with Gasteiger partial charge in [0.2, 0.25) is 0 Å². The van der Waals surface area contributed by atoms with Crippen LogP contribution in [0.5, 0.6) is 5.75 Å². The van der Waals surface area contributed by atoms with Crippen molar-refractivity contribution in [3.63, 3.8) is 0 Å². The van der Waals surface area contributed by atoms with Gasteiger partial charge in [0.1, 0.15) is 12.4 Å². The molecule has 0 aromatic heterocycles. The summed E-state index contributed by atoms with van der Waals surface area (Å²) in [6, 6.07) is 11.0. The molecule has 0 aliphatic heterocycles. The van der Waals surface area contributed by atoms with Crippen molar-refractivity contribution in [2.75, 3.05) is 12.8 Å². The van der Waals surface area contributed by atoms with Crippen LogP contribution in [0.15, 0.2) is 36.4 Å². The molecule has 0 bridgehead atoms. The Hall–Kier alpha value is -2.49. The minimum atomic E-state index is -0.340. The topological polar surface area (TPSA) is 61.5 Å². The van der Waals surface area contributed by atoms with E-state index in [1.54, 1.807) is 12.1 Å². The normalized spacial score (nSPS) is 10.2. The fourth-order valence-electron chi connectivity index (χ4n) is 1.98. The van der Waals surface area contributed by atoms with Gasteiger partial charge >= 0.3 is 5.97 Å². The van der Waals surface area contributed by atoms with Crippen LogP contribution in [0.3, 0.4) is 0 Å². The van der Waals surface area contributed by atoms with Crippen LogP contribution in [-0.2, 0) is 11.3 Å². The van der Waals surface area contributed by atoms with Crippen molar-refractivity contribution in [3.05, 3.63) is 58.7 Å². The van der Waals surface area contributed by atoms with Gasteiger partial charge in [-0.15, -0.1) is 0 Å². The summed E-state index contributed by atoms with van der Waals surface area (Å²) < 4.78 is 10.5. The summed E-state index contributed by atoms with van der Waals surface area (Å²) >= 11 is 0. The van der Waals surface area contributed by atoms with Gasteiger partial charge in [-0.3, -0.25) is 0 Å². The number of carbonyl (C=O) groups excluding carboxylic acids is 1. The summed E-state index contributed by atoms with van der Waals surface area (Å²) in [6.45, 7) is 4.35. The summed E-state index contributed by atoms with van der Waals surface area (Å²) in [7, 11) is 1.37. The van der Waals surface area contributed by atoms with Gasteiger partial charge in [0.05, 0.1) is 12.7 Å². The molecule has 2 rings (SSSR count). The first-order valence-electron chi connectivity index (χ1n) is 6.68. The van der Waals surface area contributed by atoms with E-state index in [0.717, 1.165) is 28.1 Å². The molecule has 2 N–H and O–H groups in total. The molecular formula is C17H19NO3. The van der Waals surface area contributed by atoms with Crippen LogP contribution in [0.4, 0.5) is 5.69 Å². The minimum Gasteiger partial charge on any atom is -0.489 e. The lowest BCUT2D eigenvalue weighted by molar-refractivity contribution is 0.0600. The smallest absolute Gasteiger partial charge is 0.337 e. The SMILES string of the molecule is COC(=O)c1ccc(COc2cc(C)c(N)cc2C)cc1. The lowest BCUT2D eigenvalue weighted by atomic mass is 10.1. The highest BCUT2D eigenvalue weighted by Gasteiger charge is 2.06. The van der Waals surface area contributed by atoms with Gasteiger partial charge in [-0.2, -0.15) is 0 Å². The third-order valence-electron chi connectivity index (χ3n) is 3.33. The van der Waals surface area contributed by atoms with Gasteiger partial charge in [-0.1, -0.05) is 12.1 Å². The Labute approximate surface area is 124 Å². The predicted molar refractivity (Wildman–Crippen MR) is 82.4 cm³/mol. The zero-order chi connectivity index (χ0) is 15.4. The Morgan fingerprint density at radius 1 is 1.10 bits per heavy atom. The van der Waals surface area contributed by atoms with Crippen molar-refractivity contribution < 1.29 is 14.3 Å². The quantitative estimate of drug-likeness (QED) is 0.692. The highest BCUT2D eigenvalue weighted by atomic mass is 16.5. The van der Waals surface area contributed by atoms with E-state index in [2.05, 4.69) is 4.74 Å². The Bertz CT molecular complexity index is 648. The molecule has 4 heteroatoms. The lowest BCUT2D eigenvalue weighted by Gasteiger charge is -2.12. The summed E-state index contributed by atoms with van der Waals surface area (Å²) in [5.41, 5.74) is 10.1. The van der Waals surface area contributed by atoms with Gasteiger partial charge in [0, 0.05) is 5.69 Å². The number of rotatable bonds is 4. The lowest BCUT2D eigenvalue weighted by Crippen LogP contribution is -2.02. The van der Waals surface area contributed by atoms with Gasteiger partial charge in [0.25, 0.3) is 0 Å². The van der Waals surface area contributed by atoms with Gasteiger partial charge < -0.3 is 15.2 Å². The number of nitrogen functional groups attached to an aromatic ring is 1. The number of aryl methyl sites for hydroxylation is 2. The van der Waals surface area contributed by atoms with Crippen LogP contribution in [0.25, 0.3) is 0 Å². The van der Waals surface area contributed by atoms with Crippen LogP contribution in [0.1, 0.15) is 27.0 Å². The molecule has 0 heterocycles. The number of ether oxygens (including phenoxy) is 2. The number of nitrogens with two attached hydrogens (primary N) is 1. The van der Waals surface area contributed by atoms with E-state index in [9.17, 15) is 4.79 Å². The number of benzene rings is 2. The molecular weight excluding hydrogens is 266 g/mol. The fourth-order valence-corrected chi connectivity index (χ4v) is 1.98. The van der Waals surface area contributed by atoms with Gasteiger partial charge in [0.15, 0.2) is 0 Å². The maximum Gasteiger partial charge on any atom is 0.337 e. The molecule has 0 saturated carbocycles. The molecule has 0 unspecified atom stereocenters. The highest BCUT2D eigenvalue weighted by molar-refractivity contribution is 5.89. The Balaban J connectivity index is 2.06. The van der Waals surface area contributed by atoms with Crippen LogP contribution in [0, 0.1) is 13.8 Å². The second-order valence-electron chi connectivity index (χ2n) is 4.95. The molecule has 4 nitrogen and oxygen atoms in total. The molecule has 2 aromatic rings. The van der Waals surface area contributed by atoms with Crippen molar-refractivity contribution >= 4 is 11.7 Å². The second kappa shape index (κ2) is 6.31. The van der Waals surface area contributed by atoms with Crippen molar-refractivity contribution in [2.45, 2.75) is 20.5 Å². The van der Waals surface area contributed by atoms with Crippen molar-refractivity contribution in [1.82, 2.24) is 0 Å². The summed E-state index contributed by atoms with van der Waals surface area (Å²) in [5.74, 6) is 0.478. The maximum absolute atomic E-state index is 11.4. The van der Waals surface area contributed by atoms with Crippen LogP contribution >= 0.6 is 0 Å². The minimum absolute atomic E-state index is 0.340. The zero-order valence-electron chi connectivity index (χ0n) is 12.5. The molecule has 0 aliphatic rings. The van der Waals surface area contributed by atoms with Crippen molar-refractivity contribution in [1.29, 1.82) is 0 Å². The van der Waals surface area contributed by atoms with Crippen molar-refractivity contribution in [2.24, 2.45) is 0 Å². The second-order valence-corrected chi connectivity index (χ2v) is 4.95. The number of carbonyl (C=O) groups is 1. The molecule has 0 saturated heterocycles. The first-order valence-corrected chi connectivity index (χ1v) is 6.68. The third kappa shape index (κ3) is 3.54. The Kier molecular flexibility index (Phi) is 4.48. The number of esters is 1. The Morgan fingerprint density at radius 3 is 2.38 bits per heavy atom. The first-order chi connectivity index (χ1) is 10.0. The van der Waals surface area contributed by atoms with E-state index in [4.69, 9.17) is 10.5 Å². The largest absolute Gasteiger partial charge is 0.489 e. The van der Waals surface area contributed by atoms with Crippen molar-refractivity contribution in [3.8, 4) is 5.75 Å². The Morgan fingerprint density at radius 2 is 1.76 bits per heavy atom. The van der Waals surface area contributed by atoms with E-state index in [1.807, 2.05) is 38.1 Å². The number of anilines is 1. The molecule has 0 aliphatic carbocycles. The van der Waals surface area contributed by atoms with E-state index >= 15 is 0 Å². The molecule has 0 spiro atoms. The average Bonchev–Trinajstić information content (AvgIpc) is 2.49. The van der Waals surface area contributed by atoms with Crippen LogP contribution in [0.2, 0.25) is 0 Å². The van der Waals surface area contributed by atoms with Gasteiger partial charge in [-0.05, 0) is 54.8 Å². The zero-order valence-corrected chi connectivity index (χ0v) is 12.5. The van der Waals surface area contributed by atoms with Crippen LogP contribution in [-0.4, -0.2) is 13.1 Å². The molecule has 2 aromatic carbocycles. The standard InChI is InChI=1S/C17H19NO3/c1-11-9-16(12(2)8-15(11)18)21-10-13-4-6-14(7-5-13)17(19)20-3/h4-9H,10,18H2,1-3H3. The monoisotopic (exact) mass is 285 g/mol. The number of hydrogen-bond acceptors (Lipinski definition) is 4. The predicted octanol–water partition coefficient (Wildman–Crippen LogP) is 3.25. The van der Waals surface area contributed by atoms with E-state index in [0.29, 0.717) is 12.2 Å². The molecule has 0 fully saturated rings. The van der Waals surface area contributed by atoms with E-state index < -0.39 is 0 Å². The van der Waals surface area contributed by atoms with E-state index in [1.165, 1.54) is 7.11 Å². The summed E-state index contributed by atoms with van der Waals surface area (Å²) in [5, 5.41) is 0. The molecule has 0 radical (unpaired) electrons. The fraction of sp³-hybridized carbons (Fsp3) is 0.235. The summed E-state index contributed by atoms with van der Waals surface area (Å²) in [6.07, 6.45) is 0. The molecule has 0 atom stereocenters. The molecule has 110 valence electrons. The highest BCUT2D eigenvalue weighted by Crippen LogP contribution is 2.25. The molecule has 0 amide bonds. The number of methoxy groups -OCH3 is 1. The van der Waals surface area contributed by atoms with E-state index in [-0.39, 0.29) is 5.97 Å².